The van der Waals surface area contributed by atoms with Gasteiger partial charge in [-0.25, -0.2) is 9.37 Å². The molecule has 0 aliphatic carbocycles. The molecule has 3 rings (SSSR count). The summed E-state index contributed by atoms with van der Waals surface area (Å²) in [6.07, 6.45) is 0.837. The van der Waals surface area contributed by atoms with E-state index < -0.39 is 5.82 Å². The molecular formula is C19H17ClFN3O2S. The van der Waals surface area contributed by atoms with Crippen molar-refractivity contribution in [2.75, 3.05) is 12.3 Å². The van der Waals surface area contributed by atoms with Gasteiger partial charge in [0, 0.05) is 6.54 Å². The fraction of sp³-hybridized carbons (Fsp3) is 0.211. The summed E-state index contributed by atoms with van der Waals surface area (Å²) in [5.41, 5.74) is 0.615. The Kier molecular flexibility index (Phi) is 6.13. The lowest BCUT2D eigenvalue weighted by molar-refractivity contribution is -0.118. The minimum absolute atomic E-state index is 0.0933. The standard InChI is InChI=1S/C19H17ClFN3O2S/c1-2-9-22-17(25)11-27-19-23-16-6-4-3-5-13(16)18(26)24(19)12-7-8-15(21)14(20)10-12/h3-8,10H,2,9,11H2,1H3,(H,22,25). The van der Waals surface area contributed by atoms with Crippen molar-refractivity contribution >= 4 is 40.2 Å². The molecule has 0 aliphatic heterocycles. The van der Waals surface area contributed by atoms with Gasteiger partial charge >= 0.3 is 0 Å². The van der Waals surface area contributed by atoms with Gasteiger partial charge in [-0.1, -0.05) is 42.4 Å². The second-order valence-electron chi connectivity index (χ2n) is 5.79. The maximum Gasteiger partial charge on any atom is 0.266 e. The molecule has 1 aromatic heterocycles. The number of carbonyl (C=O) groups excluding carboxylic acids is 1. The zero-order valence-corrected chi connectivity index (χ0v) is 16.1. The van der Waals surface area contributed by atoms with Crippen LogP contribution in [-0.2, 0) is 4.79 Å². The lowest BCUT2D eigenvalue weighted by Crippen LogP contribution is -2.27. The van der Waals surface area contributed by atoms with E-state index in [2.05, 4.69) is 10.3 Å². The number of carbonyl (C=O) groups is 1. The largest absolute Gasteiger partial charge is 0.355 e. The third-order valence-corrected chi connectivity index (χ3v) is 5.04. The van der Waals surface area contributed by atoms with Gasteiger partial charge in [0.05, 0.1) is 27.4 Å². The Morgan fingerprint density at radius 1 is 1.30 bits per heavy atom. The van der Waals surface area contributed by atoms with Gasteiger partial charge in [0.1, 0.15) is 5.82 Å². The van der Waals surface area contributed by atoms with E-state index in [0.29, 0.717) is 28.3 Å². The molecule has 140 valence electrons. The topological polar surface area (TPSA) is 64.0 Å². The molecule has 0 spiro atoms. The van der Waals surface area contributed by atoms with E-state index >= 15 is 0 Å². The summed E-state index contributed by atoms with van der Waals surface area (Å²) in [6, 6.07) is 11.0. The molecule has 0 saturated heterocycles. The molecule has 0 unspecified atom stereocenters. The molecule has 8 heteroatoms. The number of fused-ring (bicyclic) bond motifs is 1. The van der Waals surface area contributed by atoms with Crippen LogP contribution in [0.15, 0.2) is 52.4 Å². The van der Waals surface area contributed by atoms with Crippen molar-refractivity contribution in [3.63, 3.8) is 0 Å². The van der Waals surface area contributed by atoms with Gasteiger partial charge in [-0.3, -0.25) is 14.2 Å². The van der Waals surface area contributed by atoms with Crippen molar-refractivity contribution in [2.24, 2.45) is 0 Å². The monoisotopic (exact) mass is 405 g/mol. The van der Waals surface area contributed by atoms with Crippen molar-refractivity contribution < 1.29 is 9.18 Å². The zero-order chi connectivity index (χ0) is 19.4. The Labute approximate surface area is 164 Å². The summed E-state index contributed by atoms with van der Waals surface area (Å²) >= 11 is 7.03. The van der Waals surface area contributed by atoms with Gasteiger partial charge in [0.15, 0.2) is 5.16 Å². The first kappa shape index (κ1) is 19.4. The number of benzene rings is 2. The second kappa shape index (κ2) is 8.54. The molecule has 3 aromatic rings. The second-order valence-corrected chi connectivity index (χ2v) is 7.14. The third-order valence-electron chi connectivity index (χ3n) is 3.81. The van der Waals surface area contributed by atoms with Crippen molar-refractivity contribution in [1.82, 2.24) is 14.9 Å². The van der Waals surface area contributed by atoms with Crippen LogP contribution >= 0.6 is 23.4 Å². The predicted octanol–water partition coefficient (Wildman–Crippen LogP) is 3.80. The quantitative estimate of drug-likeness (QED) is 0.500. The van der Waals surface area contributed by atoms with Gasteiger partial charge in [-0.15, -0.1) is 0 Å². The highest BCUT2D eigenvalue weighted by molar-refractivity contribution is 7.99. The van der Waals surface area contributed by atoms with Crippen LogP contribution < -0.4 is 10.9 Å². The number of nitrogens with zero attached hydrogens (tertiary/aromatic N) is 2. The average molecular weight is 406 g/mol. The Morgan fingerprint density at radius 3 is 2.81 bits per heavy atom. The van der Waals surface area contributed by atoms with Gasteiger partial charge < -0.3 is 5.32 Å². The minimum Gasteiger partial charge on any atom is -0.355 e. The average Bonchev–Trinajstić information content (AvgIpc) is 2.67. The number of halogens is 2. The zero-order valence-electron chi connectivity index (χ0n) is 14.5. The lowest BCUT2D eigenvalue weighted by atomic mass is 10.2. The van der Waals surface area contributed by atoms with Crippen molar-refractivity contribution in [3.05, 3.63) is 63.7 Å². The number of rotatable bonds is 6. The minimum atomic E-state index is -0.574. The molecule has 0 atom stereocenters. The van der Waals surface area contributed by atoms with Gasteiger partial charge in [0.25, 0.3) is 5.56 Å². The highest BCUT2D eigenvalue weighted by Crippen LogP contribution is 2.24. The van der Waals surface area contributed by atoms with Crippen LogP contribution in [0.4, 0.5) is 4.39 Å². The van der Waals surface area contributed by atoms with E-state index in [1.165, 1.54) is 22.8 Å². The predicted molar refractivity (Wildman–Crippen MR) is 106 cm³/mol. The van der Waals surface area contributed by atoms with Crippen molar-refractivity contribution in [2.45, 2.75) is 18.5 Å². The summed E-state index contributed by atoms with van der Waals surface area (Å²) in [7, 11) is 0. The Bertz CT molecular complexity index is 1050. The Balaban J connectivity index is 2.08. The third kappa shape index (κ3) is 4.31. The van der Waals surface area contributed by atoms with Crippen LogP contribution in [0, 0.1) is 5.82 Å². The van der Waals surface area contributed by atoms with Crippen LogP contribution in [0.2, 0.25) is 5.02 Å². The van der Waals surface area contributed by atoms with Crippen molar-refractivity contribution in [3.8, 4) is 5.69 Å². The molecule has 1 amide bonds. The fourth-order valence-electron chi connectivity index (χ4n) is 2.51. The van der Waals surface area contributed by atoms with Gasteiger partial charge in [0.2, 0.25) is 5.91 Å². The molecule has 2 aromatic carbocycles. The highest BCUT2D eigenvalue weighted by Gasteiger charge is 2.15. The summed E-state index contributed by atoms with van der Waals surface area (Å²) in [6.45, 7) is 2.55. The molecular weight excluding hydrogens is 389 g/mol. The Hall–Kier alpha value is -2.38. The molecule has 5 nitrogen and oxygen atoms in total. The molecule has 0 fully saturated rings. The summed E-state index contributed by atoms with van der Waals surface area (Å²) in [5, 5.41) is 3.46. The first-order valence-electron chi connectivity index (χ1n) is 8.38. The molecule has 27 heavy (non-hydrogen) atoms. The number of hydrogen-bond donors (Lipinski definition) is 1. The SMILES string of the molecule is CCCNC(=O)CSc1nc2ccccc2c(=O)n1-c1ccc(F)c(Cl)c1. The number of para-hydroxylation sites is 1. The maximum absolute atomic E-state index is 13.5. The first-order valence-corrected chi connectivity index (χ1v) is 9.74. The van der Waals surface area contributed by atoms with E-state index in [1.807, 2.05) is 6.92 Å². The van der Waals surface area contributed by atoms with E-state index in [9.17, 15) is 14.0 Å². The summed E-state index contributed by atoms with van der Waals surface area (Å²) in [4.78, 5) is 29.5. The van der Waals surface area contributed by atoms with Gasteiger partial charge in [-0.05, 0) is 36.8 Å². The first-order chi connectivity index (χ1) is 13.0. The van der Waals surface area contributed by atoms with E-state index in [-0.39, 0.29) is 22.2 Å². The van der Waals surface area contributed by atoms with E-state index in [0.717, 1.165) is 18.2 Å². The molecule has 0 radical (unpaired) electrons. The van der Waals surface area contributed by atoms with Crippen molar-refractivity contribution in [1.29, 1.82) is 0 Å². The van der Waals surface area contributed by atoms with Crippen LogP contribution in [-0.4, -0.2) is 27.8 Å². The smallest absolute Gasteiger partial charge is 0.266 e. The molecule has 0 bridgehead atoms. The normalized spacial score (nSPS) is 10.9. The number of thioether (sulfide) groups is 1. The van der Waals surface area contributed by atoms with Crippen LogP contribution in [0.1, 0.15) is 13.3 Å². The van der Waals surface area contributed by atoms with Crippen LogP contribution in [0.25, 0.3) is 16.6 Å². The summed E-state index contributed by atoms with van der Waals surface area (Å²) in [5.74, 6) is -0.608. The number of nitrogens with one attached hydrogen (secondary N) is 1. The highest BCUT2D eigenvalue weighted by atomic mass is 35.5. The summed E-state index contributed by atoms with van der Waals surface area (Å²) < 4.78 is 14.9. The van der Waals surface area contributed by atoms with Crippen LogP contribution in [0.3, 0.4) is 0 Å². The lowest BCUT2D eigenvalue weighted by Gasteiger charge is -2.13. The molecule has 0 aliphatic rings. The van der Waals surface area contributed by atoms with Crippen LogP contribution in [0.5, 0.6) is 0 Å². The van der Waals surface area contributed by atoms with E-state index in [4.69, 9.17) is 11.6 Å². The fourth-order valence-corrected chi connectivity index (χ4v) is 3.52. The molecule has 1 N–H and O–H groups in total. The maximum atomic E-state index is 13.5. The molecule has 1 heterocycles. The number of hydrogen-bond acceptors (Lipinski definition) is 4. The molecule has 0 saturated carbocycles. The van der Waals surface area contributed by atoms with Gasteiger partial charge in [-0.2, -0.15) is 0 Å². The number of amides is 1. The number of aromatic nitrogens is 2. The Morgan fingerprint density at radius 2 is 2.07 bits per heavy atom. The van der Waals surface area contributed by atoms with E-state index in [1.54, 1.807) is 24.3 Å².